The molecule has 3 rings (SSSR count). The Labute approximate surface area is 162 Å². The average Bonchev–Trinajstić information content (AvgIpc) is 3.07. The fourth-order valence-electron chi connectivity index (χ4n) is 2.71. The number of hydrogen-bond donors (Lipinski definition) is 1. The van der Waals surface area contributed by atoms with Gasteiger partial charge in [-0.3, -0.25) is 4.79 Å². The molecule has 1 heterocycles. The summed E-state index contributed by atoms with van der Waals surface area (Å²) in [6.07, 6.45) is 0. The minimum absolute atomic E-state index is 0.0977. The predicted molar refractivity (Wildman–Crippen MR) is 108 cm³/mol. The molecule has 0 saturated carbocycles. The molecular formula is C19H22N6OS. The summed E-state index contributed by atoms with van der Waals surface area (Å²) in [6, 6.07) is 18.4. The van der Waals surface area contributed by atoms with Crippen LogP contribution in [-0.4, -0.2) is 37.9 Å². The van der Waals surface area contributed by atoms with Crippen LogP contribution in [0.5, 0.6) is 0 Å². The number of carbonyl (C=O) groups is 1. The van der Waals surface area contributed by atoms with Gasteiger partial charge < -0.3 is 10.2 Å². The summed E-state index contributed by atoms with van der Waals surface area (Å²) in [6.45, 7) is 4.31. The maximum absolute atomic E-state index is 12.1. The number of para-hydroxylation sites is 1. The van der Waals surface area contributed by atoms with Crippen molar-refractivity contribution in [3.05, 3.63) is 54.6 Å². The van der Waals surface area contributed by atoms with E-state index in [1.165, 1.54) is 16.4 Å². The molecule has 0 radical (unpaired) electrons. The van der Waals surface area contributed by atoms with Crippen LogP contribution in [-0.2, 0) is 11.8 Å². The van der Waals surface area contributed by atoms with E-state index >= 15 is 0 Å². The van der Waals surface area contributed by atoms with Crippen molar-refractivity contribution in [3.63, 3.8) is 0 Å². The third-order valence-corrected chi connectivity index (χ3v) is 4.90. The number of thioether (sulfide) groups is 1. The molecule has 1 N–H and O–H groups in total. The lowest BCUT2D eigenvalue weighted by molar-refractivity contribution is -0.113. The number of aromatic nitrogens is 4. The molecule has 2 aromatic carbocycles. The number of amides is 1. The van der Waals surface area contributed by atoms with Crippen molar-refractivity contribution in [2.24, 2.45) is 7.05 Å². The Morgan fingerprint density at radius 3 is 2.37 bits per heavy atom. The van der Waals surface area contributed by atoms with Crippen LogP contribution in [0.15, 0.2) is 59.8 Å². The third-order valence-electron chi connectivity index (χ3n) is 3.89. The van der Waals surface area contributed by atoms with Gasteiger partial charge >= 0.3 is 0 Å². The molecule has 140 valence electrons. The van der Waals surface area contributed by atoms with Gasteiger partial charge in [0.2, 0.25) is 11.1 Å². The Balaban J connectivity index is 1.64. The smallest absolute Gasteiger partial charge is 0.234 e. The molecule has 7 nitrogen and oxygen atoms in total. The van der Waals surface area contributed by atoms with Crippen LogP contribution in [0.2, 0.25) is 0 Å². The van der Waals surface area contributed by atoms with E-state index in [0.29, 0.717) is 11.2 Å². The Morgan fingerprint density at radius 1 is 1.11 bits per heavy atom. The van der Waals surface area contributed by atoms with Crippen LogP contribution < -0.4 is 10.2 Å². The second-order valence-corrected chi connectivity index (χ2v) is 7.21. The molecule has 0 atom stereocenters. The summed E-state index contributed by atoms with van der Waals surface area (Å²) in [4.78, 5) is 14.4. The van der Waals surface area contributed by atoms with Gasteiger partial charge in [0.25, 0.3) is 0 Å². The summed E-state index contributed by atoms with van der Waals surface area (Å²) in [7, 11) is 1.74. The van der Waals surface area contributed by atoms with Crippen LogP contribution in [0, 0.1) is 0 Å². The first-order chi connectivity index (χ1) is 13.0. The zero-order valence-corrected chi connectivity index (χ0v) is 16.3. The maximum atomic E-state index is 12.1. The lowest BCUT2D eigenvalue weighted by Gasteiger charge is -2.29. The van der Waals surface area contributed by atoms with E-state index in [0.717, 1.165) is 17.1 Å². The van der Waals surface area contributed by atoms with Crippen LogP contribution in [0.25, 0.3) is 0 Å². The molecule has 27 heavy (non-hydrogen) atoms. The second-order valence-electron chi connectivity index (χ2n) is 6.27. The summed E-state index contributed by atoms with van der Waals surface area (Å²) in [5.41, 5.74) is 2.98. The number of nitrogens with zero attached hydrogens (tertiary/aromatic N) is 5. The molecule has 0 aliphatic carbocycles. The Hall–Kier alpha value is -2.87. The summed E-state index contributed by atoms with van der Waals surface area (Å²) < 4.78 is 1.54. The predicted octanol–water partition coefficient (Wildman–Crippen LogP) is 3.49. The molecule has 0 spiro atoms. The van der Waals surface area contributed by atoms with Crippen molar-refractivity contribution < 1.29 is 4.79 Å². The number of carbonyl (C=O) groups excluding carboxylic acids is 1. The molecule has 0 bridgehead atoms. The summed E-state index contributed by atoms with van der Waals surface area (Å²) >= 11 is 1.30. The molecular weight excluding hydrogens is 360 g/mol. The van der Waals surface area contributed by atoms with Gasteiger partial charge in [-0.2, -0.15) is 0 Å². The van der Waals surface area contributed by atoms with Crippen molar-refractivity contribution >= 4 is 34.7 Å². The van der Waals surface area contributed by atoms with E-state index in [-0.39, 0.29) is 11.7 Å². The van der Waals surface area contributed by atoms with Gasteiger partial charge in [0, 0.05) is 30.2 Å². The highest BCUT2D eigenvalue weighted by molar-refractivity contribution is 7.99. The van der Waals surface area contributed by atoms with Crippen molar-refractivity contribution in [3.8, 4) is 0 Å². The second kappa shape index (κ2) is 8.68. The normalized spacial score (nSPS) is 10.8. The minimum Gasteiger partial charge on any atom is -0.339 e. The largest absolute Gasteiger partial charge is 0.339 e. The first-order valence-electron chi connectivity index (χ1n) is 8.64. The maximum Gasteiger partial charge on any atom is 0.234 e. The van der Waals surface area contributed by atoms with Crippen molar-refractivity contribution in [1.82, 2.24) is 20.2 Å². The Morgan fingerprint density at radius 2 is 1.78 bits per heavy atom. The van der Waals surface area contributed by atoms with Gasteiger partial charge in [-0.05, 0) is 60.7 Å². The van der Waals surface area contributed by atoms with Crippen LogP contribution in [0.1, 0.15) is 13.8 Å². The van der Waals surface area contributed by atoms with Crippen molar-refractivity contribution in [1.29, 1.82) is 0 Å². The van der Waals surface area contributed by atoms with Gasteiger partial charge in [0.15, 0.2) is 0 Å². The molecule has 0 aliphatic heterocycles. The van der Waals surface area contributed by atoms with E-state index < -0.39 is 0 Å². The number of anilines is 3. The standard InChI is InChI=1S/C19H22N6OS/c1-14(2)25(16-7-5-4-6-8-16)17-11-9-15(10-12-17)20-18(26)13-27-19-21-22-23-24(19)3/h4-12,14H,13H2,1-3H3,(H,20,26). The number of tetrazole rings is 1. The molecule has 8 heteroatoms. The number of benzene rings is 2. The minimum atomic E-state index is -0.0977. The highest BCUT2D eigenvalue weighted by Crippen LogP contribution is 2.28. The SMILES string of the molecule is CC(C)N(c1ccccc1)c1ccc(NC(=O)CSc2nnnn2C)cc1. The summed E-state index contributed by atoms with van der Waals surface area (Å²) in [5, 5.41) is 14.7. The van der Waals surface area contributed by atoms with E-state index in [1.54, 1.807) is 7.05 Å². The molecule has 0 aliphatic rings. The fraction of sp³-hybridized carbons (Fsp3) is 0.263. The van der Waals surface area contributed by atoms with E-state index in [4.69, 9.17) is 0 Å². The van der Waals surface area contributed by atoms with Crippen molar-refractivity contribution in [2.75, 3.05) is 16.0 Å². The van der Waals surface area contributed by atoms with E-state index in [2.05, 4.69) is 51.7 Å². The molecule has 0 unspecified atom stereocenters. The highest BCUT2D eigenvalue weighted by Gasteiger charge is 2.13. The van der Waals surface area contributed by atoms with Gasteiger partial charge in [0.05, 0.1) is 5.75 Å². The monoisotopic (exact) mass is 382 g/mol. The first kappa shape index (κ1) is 18.9. The third kappa shape index (κ3) is 4.85. The number of aryl methyl sites for hydroxylation is 1. The molecule has 3 aromatic rings. The van der Waals surface area contributed by atoms with Gasteiger partial charge in [-0.1, -0.05) is 30.0 Å². The zero-order chi connectivity index (χ0) is 19.2. The van der Waals surface area contributed by atoms with Crippen molar-refractivity contribution in [2.45, 2.75) is 25.0 Å². The molecule has 0 fully saturated rings. The lowest BCUT2D eigenvalue weighted by atomic mass is 10.2. The quantitative estimate of drug-likeness (QED) is 0.631. The number of nitrogens with one attached hydrogen (secondary N) is 1. The van der Waals surface area contributed by atoms with E-state index in [1.807, 2.05) is 42.5 Å². The molecule has 1 amide bonds. The van der Waals surface area contributed by atoms with Gasteiger partial charge in [-0.25, -0.2) is 4.68 Å². The van der Waals surface area contributed by atoms with Crippen LogP contribution in [0.4, 0.5) is 17.1 Å². The Kier molecular flexibility index (Phi) is 6.08. The molecule has 1 aromatic heterocycles. The summed E-state index contributed by atoms with van der Waals surface area (Å²) in [5.74, 6) is 0.150. The number of rotatable bonds is 7. The lowest BCUT2D eigenvalue weighted by Crippen LogP contribution is -2.25. The van der Waals surface area contributed by atoms with Gasteiger partial charge in [0.1, 0.15) is 0 Å². The number of hydrogen-bond acceptors (Lipinski definition) is 6. The first-order valence-corrected chi connectivity index (χ1v) is 9.62. The molecule has 0 saturated heterocycles. The average molecular weight is 382 g/mol. The zero-order valence-electron chi connectivity index (χ0n) is 15.5. The van der Waals surface area contributed by atoms with Crippen LogP contribution in [0.3, 0.4) is 0 Å². The van der Waals surface area contributed by atoms with E-state index in [9.17, 15) is 4.79 Å². The van der Waals surface area contributed by atoms with Gasteiger partial charge in [-0.15, -0.1) is 5.10 Å². The Bertz CT molecular complexity index is 879. The fourth-order valence-corrected chi connectivity index (χ4v) is 3.36. The topological polar surface area (TPSA) is 75.9 Å². The van der Waals surface area contributed by atoms with Crippen LogP contribution >= 0.6 is 11.8 Å². The highest BCUT2D eigenvalue weighted by atomic mass is 32.2.